The van der Waals surface area contributed by atoms with Crippen molar-refractivity contribution < 1.29 is 4.74 Å². The molecule has 1 saturated heterocycles. The molecule has 0 saturated carbocycles. The average molecular weight is 242 g/mol. The predicted octanol–water partition coefficient (Wildman–Crippen LogP) is 2.12. The summed E-state index contributed by atoms with van der Waals surface area (Å²) in [5.74, 6) is 0.766. The van der Waals surface area contributed by atoms with Gasteiger partial charge in [0.05, 0.1) is 6.61 Å². The Kier molecular flexibility index (Phi) is 5.90. The Morgan fingerprint density at radius 3 is 2.71 bits per heavy atom. The highest BCUT2D eigenvalue weighted by Crippen LogP contribution is 2.24. The highest BCUT2D eigenvalue weighted by atomic mass is 16.5. The minimum absolute atomic E-state index is 0.298. The molecule has 0 spiro atoms. The van der Waals surface area contributed by atoms with Crippen LogP contribution in [0.1, 0.15) is 40.5 Å². The second kappa shape index (κ2) is 6.72. The lowest BCUT2D eigenvalue weighted by atomic mass is 9.90. The first-order valence-electron chi connectivity index (χ1n) is 6.99. The molecule has 102 valence electrons. The lowest BCUT2D eigenvalue weighted by Crippen LogP contribution is -2.63. The van der Waals surface area contributed by atoms with Crippen LogP contribution >= 0.6 is 0 Å². The SMILES string of the molecule is CCC1(C)CNC(CC(C)C)CN1CCOC. The first-order chi connectivity index (χ1) is 8.01. The first-order valence-corrected chi connectivity index (χ1v) is 6.99. The lowest BCUT2D eigenvalue weighted by Gasteiger charge is -2.48. The molecule has 1 fully saturated rings. The molecule has 1 N–H and O–H groups in total. The van der Waals surface area contributed by atoms with E-state index in [1.807, 2.05) is 0 Å². The lowest BCUT2D eigenvalue weighted by molar-refractivity contribution is 0.0231. The van der Waals surface area contributed by atoms with Crippen molar-refractivity contribution in [2.75, 3.05) is 33.4 Å². The number of methoxy groups -OCH3 is 1. The first kappa shape index (κ1) is 14.9. The van der Waals surface area contributed by atoms with Crippen molar-refractivity contribution in [3.63, 3.8) is 0 Å². The van der Waals surface area contributed by atoms with Crippen LogP contribution in [-0.4, -0.2) is 49.8 Å². The van der Waals surface area contributed by atoms with Crippen LogP contribution in [0.15, 0.2) is 0 Å². The highest BCUT2D eigenvalue weighted by molar-refractivity contribution is 4.95. The van der Waals surface area contributed by atoms with Gasteiger partial charge in [0.2, 0.25) is 0 Å². The van der Waals surface area contributed by atoms with Crippen LogP contribution in [0.3, 0.4) is 0 Å². The van der Waals surface area contributed by atoms with E-state index in [0.29, 0.717) is 11.6 Å². The summed E-state index contributed by atoms with van der Waals surface area (Å²) in [5.41, 5.74) is 0.298. The monoisotopic (exact) mass is 242 g/mol. The van der Waals surface area contributed by atoms with Crippen molar-refractivity contribution in [2.45, 2.75) is 52.1 Å². The summed E-state index contributed by atoms with van der Waals surface area (Å²) in [4.78, 5) is 2.61. The number of nitrogens with zero attached hydrogens (tertiary/aromatic N) is 1. The van der Waals surface area contributed by atoms with Crippen LogP contribution in [0.25, 0.3) is 0 Å². The van der Waals surface area contributed by atoms with E-state index in [1.165, 1.54) is 12.8 Å². The van der Waals surface area contributed by atoms with Gasteiger partial charge in [-0.3, -0.25) is 4.90 Å². The van der Waals surface area contributed by atoms with Crippen molar-refractivity contribution in [2.24, 2.45) is 5.92 Å². The van der Waals surface area contributed by atoms with Gasteiger partial charge in [-0.2, -0.15) is 0 Å². The smallest absolute Gasteiger partial charge is 0.0589 e. The van der Waals surface area contributed by atoms with Crippen molar-refractivity contribution >= 4 is 0 Å². The van der Waals surface area contributed by atoms with Crippen LogP contribution in [0, 0.1) is 5.92 Å². The van der Waals surface area contributed by atoms with Gasteiger partial charge in [-0.05, 0) is 25.7 Å². The Morgan fingerprint density at radius 1 is 1.47 bits per heavy atom. The molecule has 0 aliphatic carbocycles. The summed E-state index contributed by atoms with van der Waals surface area (Å²) in [6.45, 7) is 13.4. The molecule has 0 aromatic carbocycles. The molecule has 1 aliphatic rings. The number of rotatable bonds is 6. The number of hydrogen-bond acceptors (Lipinski definition) is 3. The van der Waals surface area contributed by atoms with Gasteiger partial charge < -0.3 is 10.1 Å². The van der Waals surface area contributed by atoms with Gasteiger partial charge in [-0.1, -0.05) is 20.8 Å². The molecule has 3 nitrogen and oxygen atoms in total. The second-order valence-electron chi connectivity index (χ2n) is 6.00. The topological polar surface area (TPSA) is 24.5 Å². The summed E-state index contributed by atoms with van der Waals surface area (Å²) in [5, 5.41) is 3.72. The zero-order valence-electron chi connectivity index (χ0n) is 12.3. The molecule has 17 heavy (non-hydrogen) atoms. The maximum absolute atomic E-state index is 5.24. The Hall–Kier alpha value is -0.120. The largest absolute Gasteiger partial charge is 0.383 e. The van der Waals surface area contributed by atoms with E-state index in [0.717, 1.165) is 32.2 Å². The summed E-state index contributed by atoms with van der Waals surface area (Å²) < 4.78 is 5.24. The molecule has 0 amide bonds. The van der Waals surface area contributed by atoms with Gasteiger partial charge in [-0.25, -0.2) is 0 Å². The predicted molar refractivity (Wildman–Crippen MR) is 73.4 cm³/mol. The van der Waals surface area contributed by atoms with Gasteiger partial charge in [0.15, 0.2) is 0 Å². The molecule has 1 heterocycles. The van der Waals surface area contributed by atoms with Crippen LogP contribution in [0.4, 0.5) is 0 Å². The Labute approximate surface area is 107 Å². The third kappa shape index (κ3) is 4.23. The van der Waals surface area contributed by atoms with E-state index in [9.17, 15) is 0 Å². The fourth-order valence-corrected chi connectivity index (χ4v) is 2.67. The molecule has 0 bridgehead atoms. The number of piperazine rings is 1. The summed E-state index contributed by atoms with van der Waals surface area (Å²) in [6.07, 6.45) is 2.46. The molecule has 0 aromatic heterocycles. The molecule has 0 radical (unpaired) electrons. The number of nitrogens with one attached hydrogen (secondary N) is 1. The standard InChI is InChI=1S/C14H30N2O/c1-6-14(4)11-15-13(9-12(2)3)10-16(14)7-8-17-5/h12-13,15H,6-11H2,1-5H3. The Bertz CT molecular complexity index is 220. The summed E-state index contributed by atoms with van der Waals surface area (Å²) in [6, 6.07) is 0.645. The molecule has 1 rings (SSSR count). The van der Waals surface area contributed by atoms with Gasteiger partial charge in [0.25, 0.3) is 0 Å². The fraction of sp³-hybridized carbons (Fsp3) is 1.00. The average Bonchev–Trinajstić information content (AvgIpc) is 2.29. The zero-order chi connectivity index (χ0) is 12.9. The molecular formula is C14H30N2O. The minimum atomic E-state index is 0.298. The molecular weight excluding hydrogens is 212 g/mol. The molecule has 3 heteroatoms. The van der Waals surface area contributed by atoms with Crippen molar-refractivity contribution in [3.8, 4) is 0 Å². The van der Waals surface area contributed by atoms with Crippen LogP contribution in [0.5, 0.6) is 0 Å². The van der Waals surface area contributed by atoms with Gasteiger partial charge in [-0.15, -0.1) is 0 Å². The van der Waals surface area contributed by atoms with E-state index >= 15 is 0 Å². The summed E-state index contributed by atoms with van der Waals surface area (Å²) in [7, 11) is 1.79. The van der Waals surface area contributed by atoms with Crippen LogP contribution in [0.2, 0.25) is 0 Å². The normalized spacial score (nSPS) is 31.1. The quantitative estimate of drug-likeness (QED) is 0.772. The maximum Gasteiger partial charge on any atom is 0.0589 e. The zero-order valence-corrected chi connectivity index (χ0v) is 12.3. The Balaban J connectivity index is 2.56. The maximum atomic E-state index is 5.24. The summed E-state index contributed by atoms with van der Waals surface area (Å²) >= 11 is 0. The van der Waals surface area contributed by atoms with Gasteiger partial charge in [0.1, 0.15) is 0 Å². The van der Waals surface area contributed by atoms with E-state index in [2.05, 4.69) is 37.9 Å². The minimum Gasteiger partial charge on any atom is -0.383 e. The highest BCUT2D eigenvalue weighted by Gasteiger charge is 2.35. The van der Waals surface area contributed by atoms with Gasteiger partial charge in [0, 0.05) is 38.3 Å². The van der Waals surface area contributed by atoms with Crippen LogP contribution < -0.4 is 5.32 Å². The number of ether oxygens (including phenoxy) is 1. The molecule has 0 aromatic rings. The van der Waals surface area contributed by atoms with E-state index in [-0.39, 0.29) is 0 Å². The molecule has 2 atom stereocenters. The Morgan fingerprint density at radius 2 is 2.18 bits per heavy atom. The van der Waals surface area contributed by atoms with Crippen molar-refractivity contribution in [1.29, 1.82) is 0 Å². The number of hydrogen-bond donors (Lipinski definition) is 1. The van der Waals surface area contributed by atoms with Crippen LogP contribution in [-0.2, 0) is 4.74 Å². The van der Waals surface area contributed by atoms with Gasteiger partial charge >= 0.3 is 0 Å². The second-order valence-corrected chi connectivity index (χ2v) is 6.00. The van der Waals surface area contributed by atoms with E-state index in [1.54, 1.807) is 7.11 Å². The third-order valence-corrected chi connectivity index (χ3v) is 4.06. The van der Waals surface area contributed by atoms with Crippen molar-refractivity contribution in [1.82, 2.24) is 10.2 Å². The van der Waals surface area contributed by atoms with Crippen molar-refractivity contribution in [3.05, 3.63) is 0 Å². The van der Waals surface area contributed by atoms with E-state index < -0.39 is 0 Å². The van der Waals surface area contributed by atoms with E-state index in [4.69, 9.17) is 4.74 Å². The molecule has 1 aliphatic heterocycles. The molecule has 2 unspecified atom stereocenters. The fourth-order valence-electron chi connectivity index (χ4n) is 2.67. The third-order valence-electron chi connectivity index (χ3n) is 4.06.